The molecule has 0 aliphatic heterocycles. The number of allylic oxidation sites excluding steroid dienone is 1. The van der Waals surface area contributed by atoms with Crippen molar-refractivity contribution < 1.29 is 0 Å². The summed E-state index contributed by atoms with van der Waals surface area (Å²) in [6.07, 6.45) is 2.04. The number of benzene rings is 1. The summed E-state index contributed by atoms with van der Waals surface area (Å²) in [7, 11) is 3.71. The molecule has 0 fully saturated rings. The maximum absolute atomic E-state index is 4.10. The van der Waals surface area contributed by atoms with E-state index in [4.69, 9.17) is 0 Å². The Morgan fingerprint density at radius 1 is 1.29 bits per heavy atom. The zero-order valence-electron chi connectivity index (χ0n) is 8.91. The van der Waals surface area contributed by atoms with Crippen molar-refractivity contribution in [2.75, 3.05) is 14.1 Å². The molecule has 2 nitrogen and oxygen atoms in total. The standard InChI is InChI=1S/C12H16N2/c1-10(13-2)9-12(14-3)11-7-5-4-6-8-11/h4-9,14H,1-3H3/b12-9-,13-10+. The van der Waals surface area contributed by atoms with Crippen LogP contribution in [0.2, 0.25) is 0 Å². The van der Waals surface area contributed by atoms with E-state index in [-0.39, 0.29) is 0 Å². The molecule has 0 saturated carbocycles. The minimum absolute atomic E-state index is 1.01. The summed E-state index contributed by atoms with van der Waals surface area (Å²) in [4.78, 5) is 4.10. The second kappa shape index (κ2) is 5.22. The van der Waals surface area contributed by atoms with Gasteiger partial charge in [-0.05, 0) is 18.6 Å². The highest BCUT2D eigenvalue weighted by atomic mass is 14.8. The summed E-state index contributed by atoms with van der Waals surface area (Å²) in [5, 5.41) is 3.16. The molecule has 2 heteroatoms. The molecule has 1 N–H and O–H groups in total. The Morgan fingerprint density at radius 3 is 2.43 bits per heavy atom. The lowest BCUT2D eigenvalue weighted by Gasteiger charge is -2.06. The molecule has 0 aliphatic carbocycles. The van der Waals surface area contributed by atoms with Gasteiger partial charge < -0.3 is 5.32 Å². The summed E-state index contributed by atoms with van der Waals surface area (Å²) < 4.78 is 0. The van der Waals surface area contributed by atoms with Crippen LogP contribution in [0, 0.1) is 0 Å². The molecule has 0 heterocycles. The van der Waals surface area contributed by atoms with Crippen LogP contribution in [0.1, 0.15) is 12.5 Å². The summed E-state index contributed by atoms with van der Waals surface area (Å²) in [5.41, 5.74) is 3.28. The lowest BCUT2D eigenvalue weighted by molar-refractivity contribution is 1.13. The van der Waals surface area contributed by atoms with E-state index < -0.39 is 0 Å². The van der Waals surface area contributed by atoms with Gasteiger partial charge in [0.1, 0.15) is 0 Å². The lowest BCUT2D eigenvalue weighted by atomic mass is 10.1. The molecule has 0 bridgehead atoms. The van der Waals surface area contributed by atoms with Crippen LogP contribution >= 0.6 is 0 Å². The van der Waals surface area contributed by atoms with E-state index in [1.165, 1.54) is 5.56 Å². The van der Waals surface area contributed by atoms with Crippen molar-refractivity contribution in [2.24, 2.45) is 4.99 Å². The van der Waals surface area contributed by atoms with Crippen LogP contribution in [0.3, 0.4) is 0 Å². The van der Waals surface area contributed by atoms with Crippen LogP contribution < -0.4 is 5.32 Å². The highest BCUT2D eigenvalue weighted by Crippen LogP contribution is 2.09. The zero-order chi connectivity index (χ0) is 10.4. The normalized spacial score (nSPS) is 12.8. The zero-order valence-corrected chi connectivity index (χ0v) is 8.91. The van der Waals surface area contributed by atoms with Gasteiger partial charge in [0, 0.05) is 25.5 Å². The van der Waals surface area contributed by atoms with Gasteiger partial charge in [0.15, 0.2) is 0 Å². The van der Waals surface area contributed by atoms with Crippen LogP contribution in [0.15, 0.2) is 41.4 Å². The van der Waals surface area contributed by atoms with Crippen molar-refractivity contribution in [3.05, 3.63) is 42.0 Å². The first-order valence-electron chi connectivity index (χ1n) is 4.66. The molecule has 74 valence electrons. The molecule has 0 radical (unpaired) electrons. The van der Waals surface area contributed by atoms with Crippen molar-refractivity contribution in [3.63, 3.8) is 0 Å². The molecule has 14 heavy (non-hydrogen) atoms. The van der Waals surface area contributed by atoms with E-state index in [1.54, 1.807) is 7.05 Å². The SMILES string of the molecule is C/N=C(C)/C=C(\NC)c1ccccc1. The van der Waals surface area contributed by atoms with E-state index in [2.05, 4.69) is 22.4 Å². The maximum atomic E-state index is 4.10. The summed E-state index contributed by atoms with van der Waals surface area (Å²) in [5.74, 6) is 0. The van der Waals surface area contributed by atoms with Gasteiger partial charge in [-0.15, -0.1) is 0 Å². The molecule has 1 aromatic carbocycles. The fraction of sp³-hybridized carbons (Fsp3) is 0.250. The third-order valence-electron chi connectivity index (χ3n) is 2.06. The fourth-order valence-electron chi connectivity index (χ4n) is 1.19. The predicted molar refractivity (Wildman–Crippen MR) is 62.5 cm³/mol. The first kappa shape index (κ1) is 10.5. The van der Waals surface area contributed by atoms with Gasteiger partial charge >= 0.3 is 0 Å². The molecular weight excluding hydrogens is 172 g/mol. The minimum Gasteiger partial charge on any atom is -0.388 e. The molecule has 1 rings (SSSR count). The predicted octanol–water partition coefficient (Wildman–Crippen LogP) is 2.34. The number of hydrogen-bond acceptors (Lipinski definition) is 2. The quantitative estimate of drug-likeness (QED) is 0.723. The average molecular weight is 188 g/mol. The van der Waals surface area contributed by atoms with E-state index in [0.717, 1.165) is 11.4 Å². The Morgan fingerprint density at radius 2 is 1.93 bits per heavy atom. The Bertz CT molecular complexity index is 337. The van der Waals surface area contributed by atoms with E-state index in [1.807, 2.05) is 38.2 Å². The van der Waals surface area contributed by atoms with E-state index in [0.29, 0.717) is 0 Å². The number of rotatable bonds is 3. The highest BCUT2D eigenvalue weighted by molar-refractivity contribution is 5.98. The Hall–Kier alpha value is -1.57. The van der Waals surface area contributed by atoms with Crippen molar-refractivity contribution >= 4 is 11.4 Å². The average Bonchev–Trinajstić information content (AvgIpc) is 2.26. The number of aliphatic imine (C=N–C) groups is 1. The van der Waals surface area contributed by atoms with Gasteiger partial charge in [-0.25, -0.2) is 0 Å². The Labute approximate surface area is 85.4 Å². The minimum atomic E-state index is 1.01. The van der Waals surface area contributed by atoms with Gasteiger partial charge in [-0.3, -0.25) is 4.99 Å². The first-order chi connectivity index (χ1) is 6.77. The van der Waals surface area contributed by atoms with Crippen LogP contribution in [-0.4, -0.2) is 19.8 Å². The van der Waals surface area contributed by atoms with E-state index in [9.17, 15) is 0 Å². The molecule has 0 aliphatic rings. The Kier molecular flexibility index (Phi) is 3.92. The van der Waals surface area contributed by atoms with E-state index >= 15 is 0 Å². The van der Waals surface area contributed by atoms with Gasteiger partial charge in [0.25, 0.3) is 0 Å². The van der Waals surface area contributed by atoms with Gasteiger partial charge in [0.2, 0.25) is 0 Å². The van der Waals surface area contributed by atoms with Crippen molar-refractivity contribution in [3.8, 4) is 0 Å². The number of hydrogen-bond donors (Lipinski definition) is 1. The smallest absolute Gasteiger partial charge is 0.0429 e. The molecule has 0 saturated heterocycles. The van der Waals surface area contributed by atoms with Crippen LogP contribution in [0.25, 0.3) is 5.70 Å². The Balaban J connectivity index is 2.99. The van der Waals surface area contributed by atoms with Crippen molar-refractivity contribution in [1.29, 1.82) is 0 Å². The van der Waals surface area contributed by atoms with Gasteiger partial charge in [-0.1, -0.05) is 30.3 Å². The molecule has 0 spiro atoms. The third kappa shape index (κ3) is 2.73. The second-order valence-electron chi connectivity index (χ2n) is 3.04. The van der Waals surface area contributed by atoms with Crippen molar-refractivity contribution in [1.82, 2.24) is 5.32 Å². The monoisotopic (exact) mass is 188 g/mol. The summed E-state index contributed by atoms with van der Waals surface area (Å²) in [6.45, 7) is 1.99. The van der Waals surface area contributed by atoms with Crippen LogP contribution in [0.4, 0.5) is 0 Å². The third-order valence-corrected chi connectivity index (χ3v) is 2.06. The maximum Gasteiger partial charge on any atom is 0.0429 e. The number of nitrogens with one attached hydrogen (secondary N) is 1. The van der Waals surface area contributed by atoms with Crippen LogP contribution in [0.5, 0.6) is 0 Å². The number of nitrogens with zero attached hydrogens (tertiary/aromatic N) is 1. The fourth-order valence-corrected chi connectivity index (χ4v) is 1.19. The second-order valence-corrected chi connectivity index (χ2v) is 3.04. The van der Waals surface area contributed by atoms with Gasteiger partial charge in [-0.2, -0.15) is 0 Å². The lowest BCUT2D eigenvalue weighted by Crippen LogP contribution is -2.06. The molecule has 0 atom stereocenters. The highest BCUT2D eigenvalue weighted by Gasteiger charge is 1.97. The largest absolute Gasteiger partial charge is 0.388 e. The topological polar surface area (TPSA) is 24.4 Å². The molecule has 0 unspecified atom stereocenters. The van der Waals surface area contributed by atoms with Crippen LogP contribution in [-0.2, 0) is 0 Å². The summed E-state index contributed by atoms with van der Waals surface area (Å²) in [6, 6.07) is 10.2. The molecule has 0 amide bonds. The van der Waals surface area contributed by atoms with Gasteiger partial charge in [0.05, 0.1) is 0 Å². The molecule has 0 aromatic heterocycles. The molecule has 1 aromatic rings. The molecular formula is C12H16N2. The van der Waals surface area contributed by atoms with Crippen molar-refractivity contribution in [2.45, 2.75) is 6.92 Å². The summed E-state index contributed by atoms with van der Waals surface area (Å²) >= 11 is 0. The first-order valence-corrected chi connectivity index (χ1v) is 4.66.